The van der Waals surface area contributed by atoms with Crippen molar-refractivity contribution in [3.8, 4) is 0 Å². The Labute approximate surface area is 79.3 Å². The molecule has 0 radical (unpaired) electrons. The van der Waals surface area contributed by atoms with Crippen molar-refractivity contribution in [3.05, 3.63) is 47.5 Å². The molecule has 0 saturated heterocycles. The van der Waals surface area contributed by atoms with Crippen molar-refractivity contribution in [1.29, 1.82) is 0 Å². The van der Waals surface area contributed by atoms with Crippen LogP contribution in [0.15, 0.2) is 36.4 Å². The number of hydrogen-bond donors (Lipinski definition) is 1. The summed E-state index contributed by atoms with van der Waals surface area (Å²) in [6.07, 6.45) is 2.26. The summed E-state index contributed by atoms with van der Waals surface area (Å²) in [5, 5.41) is 0. The molecule has 0 heterocycles. The third-order valence-corrected chi connectivity index (χ3v) is 2.89. The number of hydrogen-bond acceptors (Lipinski definition) is 1. The van der Waals surface area contributed by atoms with Crippen molar-refractivity contribution in [2.24, 2.45) is 11.7 Å². The molecule has 2 rings (SSSR count). The van der Waals surface area contributed by atoms with E-state index in [-0.39, 0.29) is 0 Å². The van der Waals surface area contributed by atoms with E-state index in [1.54, 1.807) is 0 Å². The fourth-order valence-corrected chi connectivity index (χ4v) is 2.01. The molecule has 1 aromatic carbocycles. The van der Waals surface area contributed by atoms with Crippen LogP contribution in [0.25, 0.3) is 0 Å². The SMILES string of the molecule is C=C(CN)C1Cc2ccccc2C1. The summed E-state index contributed by atoms with van der Waals surface area (Å²) in [6.45, 7) is 4.64. The van der Waals surface area contributed by atoms with Gasteiger partial charge in [0.15, 0.2) is 0 Å². The quantitative estimate of drug-likeness (QED) is 0.679. The number of fused-ring (bicyclic) bond motifs is 1. The topological polar surface area (TPSA) is 26.0 Å². The van der Waals surface area contributed by atoms with Gasteiger partial charge in [-0.25, -0.2) is 0 Å². The molecule has 0 bridgehead atoms. The fourth-order valence-electron chi connectivity index (χ4n) is 2.01. The number of benzene rings is 1. The first kappa shape index (κ1) is 8.52. The van der Waals surface area contributed by atoms with E-state index in [1.807, 2.05) is 0 Å². The van der Waals surface area contributed by atoms with Gasteiger partial charge in [-0.2, -0.15) is 0 Å². The lowest BCUT2D eigenvalue weighted by Crippen LogP contribution is -2.12. The minimum Gasteiger partial charge on any atom is -0.327 e. The Morgan fingerprint density at radius 2 is 1.85 bits per heavy atom. The molecule has 13 heavy (non-hydrogen) atoms. The molecule has 0 amide bonds. The summed E-state index contributed by atoms with van der Waals surface area (Å²) >= 11 is 0. The van der Waals surface area contributed by atoms with Gasteiger partial charge in [-0.1, -0.05) is 36.4 Å². The molecule has 0 unspecified atom stereocenters. The highest BCUT2D eigenvalue weighted by atomic mass is 14.5. The smallest absolute Gasteiger partial charge is 0.0137 e. The molecule has 1 aromatic rings. The number of rotatable bonds is 2. The molecular weight excluding hydrogens is 158 g/mol. The monoisotopic (exact) mass is 173 g/mol. The van der Waals surface area contributed by atoms with Crippen LogP contribution >= 0.6 is 0 Å². The van der Waals surface area contributed by atoms with Crippen LogP contribution in [0.1, 0.15) is 11.1 Å². The Balaban J connectivity index is 2.18. The Morgan fingerprint density at radius 3 is 2.31 bits per heavy atom. The molecule has 0 fully saturated rings. The molecule has 1 aliphatic rings. The molecule has 0 spiro atoms. The highest BCUT2D eigenvalue weighted by Crippen LogP contribution is 2.29. The third kappa shape index (κ3) is 1.52. The standard InChI is InChI=1S/C12H15N/c1-9(8-13)12-6-10-4-2-3-5-11(10)7-12/h2-5,12H,1,6-8,13H2. The van der Waals surface area contributed by atoms with Gasteiger partial charge >= 0.3 is 0 Å². The van der Waals surface area contributed by atoms with Gasteiger partial charge in [0, 0.05) is 6.54 Å². The Morgan fingerprint density at radius 1 is 1.31 bits per heavy atom. The van der Waals surface area contributed by atoms with E-state index in [0.717, 1.165) is 12.8 Å². The van der Waals surface area contributed by atoms with Crippen LogP contribution in [0, 0.1) is 5.92 Å². The van der Waals surface area contributed by atoms with E-state index >= 15 is 0 Å². The Bertz CT molecular complexity index is 303. The molecule has 1 nitrogen and oxygen atoms in total. The second-order valence-corrected chi connectivity index (χ2v) is 3.74. The summed E-state index contributed by atoms with van der Waals surface area (Å²) < 4.78 is 0. The van der Waals surface area contributed by atoms with Crippen LogP contribution in [-0.2, 0) is 12.8 Å². The fraction of sp³-hybridized carbons (Fsp3) is 0.333. The van der Waals surface area contributed by atoms with Gasteiger partial charge < -0.3 is 5.73 Å². The summed E-state index contributed by atoms with van der Waals surface area (Å²) in [7, 11) is 0. The summed E-state index contributed by atoms with van der Waals surface area (Å²) in [6, 6.07) is 8.62. The van der Waals surface area contributed by atoms with Crippen molar-refractivity contribution in [3.63, 3.8) is 0 Å². The minimum absolute atomic E-state index is 0.586. The largest absolute Gasteiger partial charge is 0.327 e. The average molecular weight is 173 g/mol. The average Bonchev–Trinajstić information content (AvgIpc) is 2.59. The van der Waals surface area contributed by atoms with Gasteiger partial charge in [0.1, 0.15) is 0 Å². The van der Waals surface area contributed by atoms with Crippen molar-refractivity contribution in [2.45, 2.75) is 12.8 Å². The van der Waals surface area contributed by atoms with Crippen molar-refractivity contribution < 1.29 is 0 Å². The van der Waals surface area contributed by atoms with Crippen LogP contribution in [0.5, 0.6) is 0 Å². The van der Waals surface area contributed by atoms with Crippen LogP contribution in [0.3, 0.4) is 0 Å². The molecule has 68 valence electrons. The first-order valence-corrected chi connectivity index (χ1v) is 4.75. The molecule has 0 aliphatic heterocycles. The highest BCUT2D eigenvalue weighted by molar-refractivity contribution is 5.34. The van der Waals surface area contributed by atoms with E-state index < -0.39 is 0 Å². The zero-order valence-electron chi connectivity index (χ0n) is 7.79. The summed E-state index contributed by atoms with van der Waals surface area (Å²) in [4.78, 5) is 0. The van der Waals surface area contributed by atoms with E-state index in [2.05, 4.69) is 30.8 Å². The number of nitrogens with two attached hydrogens (primary N) is 1. The molecular formula is C12H15N. The molecule has 1 heteroatoms. The summed E-state index contributed by atoms with van der Waals surface area (Å²) in [5.41, 5.74) is 9.73. The van der Waals surface area contributed by atoms with Crippen LogP contribution in [0.4, 0.5) is 0 Å². The lowest BCUT2D eigenvalue weighted by atomic mass is 9.98. The second kappa shape index (κ2) is 3.35. The van der Waals surface area contributed by atoms with Gasteiger partial charge in [-0.3, -0.25) is 0 Å². The minimum atomic E-state index is 0.586. The van der Waals surface area contributed by atoms with Crippen molar-refractivity contribution >= 4 is 0 Å². The maximum Gasteiger partial charge on any atom is 0.0137 e. The maximum atomic E-state index is 5.59. The molecule has 2 N–H and O–H groups in total. The van der Waals surface area contributed by atoms with Gasteiger partial charge in [0.05, 0.1) is 0 Å². The zero-order valence-corrected chi connectivity index (χ0v) is 7.79. The van der Waals surface area contributed by atoms with Crippen LogP contribution in [-0.4, -0.2) is 6.54 Å². The van der Waals surface area contributed by atoms with Gasteiger partial charge in [0.25, 0.3) is 0 Å². The molecule has 0 saturated carbocycles. The van der Waals surface area contributed by atoms with E-state index in [4.69, 9.17) is 5.73 Å². The second-order valence-electron chi connectivity index (χ2n) is 3.74. The zero-order chi connectivity index (χ0) is 9.26. The first-order valence-electron chi connectivity index (χ1n) is 4.75. The molecule has 0 aromatic heterocycles. The van der Waals surface area contributed by atoms with E-state index in [1.165, 1.54) is 16.7 Å². The lowest BCUT2D eigenvalue weighted by Gasteiger charge is -2.09. The van der Waals surface area contributed by atoms with Crippen LogP contribution < -0.4 is 5.73 Å². The predicted octanol–water partition coefficient (Wildman–Crippen LogP) is 1.92. The maximum absolute atomic E-state index is 5.59. The van der Waals surface area contributed by atoms with Gasteiger partial charge in [-0.15, -0.1) is 0 Å². The highest BCUT2D eigenvalue weighted by Gasteiger charge is 2.21. The first-order chi connectivity index (χ1) is 6.31. The predicted molar refractivity (Wildman–Crippen MR) is 55.5 cm³/mol. The van der Waals surface area contributed by atoms with Gasteiger partial charge in [-0.05, 0) is 29.9 Å². The van der Waals surface area contributed by atoms with Crippen molar-refractivity contribution in [1.82, 2.24) is 0 Å². The van der Waals surface area contributed by atoms with E-state index in [0.29, 0.717) is 12.5 Å². The van der Waals surface area contributed by atoms with Crippen LogP contribution in [0.2, 0.25) is 0 Å². The third-order valence-electron chi connectivity index (χ3n) is 2.89. The molecule has 1 aliphatic carbocycles. The Hall–Kier alpha value is -1.08. The Kier molecular flexibility index (Phi) is 2.19. The molecule has 0 atom stereocenters. The lowest BCUT2D eigenvalue weighted by molar-refractivity contribution is 0.647. The van der Waals surface area contributed by atoms with Gasteiger partial charge in [0.2, 0.25) is 0 Å². The summed E-state index contributed by atoms with van der Waals surface area (Å²) in [5.74, 6) is 0.586. The van der Waals surface area contributed by atoms with Crippen molar-refractivity contribution in [2.75, 3.05) is 6.54 Å². The van der Waals surface area contributed by atoms with E-state index in [9.17, 15) is 0 Å². The normalized spacial score (nSPS) is 15.8.